The maximum Gasteiger partial charge on any atom is 0.269 e. The third-order valence-corrected chi connectivity index (χ3v) is 8.23. The summed E-state index contributed by atoms with van der Waals surface area (Å²) in [5, 5.41) is 2.63. The zero-order chi connectivity index (χ0) is 25.3. The monoisotopic (exact) mass is 484 g/mol. The van der Waals surface area contributed by atoms with Crippen molar-refractivity contribution in [3.8, 4) is 11.1 Å². The molecule has 1 N–H and O–H groups in total. The van der Waals surface area contributed by atoms with Crippen molar-refractivity contribution in [2.24, 2.45) is 5.92 Å². The first kappa shape index (κ1) is 22.0. The van der Waals surface area contributed by atoms with Crippen LogP contribution in [0.4, 0.5) is 0 Å². The maximum atomic E-state index is 11.9. The first-order valence-corrected chi connectivity index (χ1v) is 12.9. The number of imidazole rings is 1. The summed E-state index contributed by atoms with van der Waals surface area (Å²) in [6.07, 6.45) is 1.78. The van der Waals surface area contributed by atoms with Crippen molar-refractivity contribution in [1.29, 1.82) is 0 Å². The molecule has 1 fully saturated rings. The molecule has 0 unspecified atom stereocenters. The Morgan fingerprint density at radius 2 is 1.70 bits per heavy atom. The van der Waals surface area contributed by atoms with E-state index in [4.69, 9.17) is 4.98 Å². The predicted molar refractivity (Wildman–Crippen MR) is 146 cm³/mol. The van der Waals surface area contributed by atoms with E-state index in [0.717, 1.165) is 22.2 Å². The van der Waals surface area contributed by atoms with Crippen molar-refractivity contribution >= 4 is 16.9 Å². The summed E-state index contributed by atoms with van der Waals surface area (Å²) in [5.74, 6) is 2.45. The number of fused-ring (bicyclic) bond motifs is 5. The van der Waals surface area contributed by atoms with Crippen LogP contribution in [0.1, 0.15) is 56.4 Å². The molecular weight excluding hydrogens is 456 g/mol. The topological polar surface area (TPSA) is 59.8 Å². The quantitative estimate of drug-likeness (QED) is 0.332. The SMILES string of the molecule is CNC(=O)c1ccc(-c2ccc3nc4n(c3c2)[C@@H](c2cc(C)ccc2C)[C@H]2[C@H](c3ccccc3)[C@@H]42)cn1. The second-order valence-electron chi connectivity index (χ2n) is 10.4. The number of carbonyl (C=O) groups excluding carboxylic acids is 1. The van der Waals surface area contributed by atoms with Crippen molar-refractivity contribution in [3.05, 3.63) is 119 Å². The van der Waals surface area contributed by atoms with E-state index >= 15 is 0 Å². The van der Waals surface area contributed by atoms with E-state index in [-0.39, 0.29) is 11.9 Å². The van der Waals surface area contributed by atoms with Gasteiger partial charge in [-0.2, -0.15) is 0 Å². The minimum Gasteiger partial charge on any atom is -0.354 e. The molecule has 182 valence electrons. The lowest BCUT2D eigenvalue weighted by Gasteiger charge is -2.23. The van der Waals surface area contributed by atoms with E-state index in [0.29, 0.717) is 23.4 Å². The molecule has 5 nitrogen and oxygen atoms in total. The zero-order valence-corrected chi connectivity index (χ0v) is 21.1. The van der Waals surface area contributed by atoms with Crippen molar-refractivity contribution in [1.82, 2.24) is 19.9 Å². The Balaban J connectivity index is 1.37. The molecule has 3 aromatic carbocycles. The number of nitrogens with zero attached hydrogens (tertiary/aromatic N) is 3. The Labute approximate surface area is 216 Å². The first-order valence-electron chi connectivity index (χ1n) is 12.9. The highest BCUT2D eigenvalue weighted by molar-refractivity contribution is 5.92. The van der Waals surface area contributed by atoms with Crippen LogP contribution >= 0.6 is 0 Å². The summed E-state index contributed by atoms with van der Waals surface area (Å²) in [6.45, 7) is 4.41. The lowest BCUT2D eigenvalue weighted by molar-refractivity contribution is 0.0958. The number of aromatic nitrogens is 3. The number of rotatable bonds is 4. The molecule has 7 rings (SSSR count). The molecule has 1 aliphatic heterocycles. The Hall–Kier alpha value is -4.25. The van der Waals surface area contributed by atoms with Gasteiger partial charge < -0.3 is 9.88 Å². The van der Waals surface area contributed by atoms with E-state index in [2.05, 4.69) is 95.4 Å². The second-order valence-corrected chi connectivity index (χ2v) is 10.4. The number of aryl methyl sites for hydroxylation is 2. The predicted octanol–water partition coefficient (Wildman–Crippen LogP) is 6.17. The summed E-state index contributed by atoms with van der Waals surface area (Å²) < 4.78 is 2.50. The van der Waals surface area contributed by atoms with Gasteiger partial charge in [0.2, 0.25) is 0 Å². The second kappa shape index (κ2) is 8.13. The molecule has 0 spiro atoms. The molecule has 2 aromatic heterocycles. The molecule has 0 bridgehead atoms. The standard InChI is InChI=1S/C32H28N4O/c1-18-9-10-19(2)23(15-18)30-28-27(20-7-5-4-6-8-20)29(28)31-35-24-13-11-21(16-26(24)36(30)31)22-12-14-25(34-17-22)32(37)33-3/h4-17,27-30H,1-3H3,(H,33,37)/t27-,28-,29+,30-/m0/s1. The minimum absolute atomic E-state index is 0.181. The van der Waals surface area contributed by atoms with E-state index in [9.17, 15) is 4.79 Å². The summed E-state index contributed by atoms with van der Waals surface area (Å²) >= 11 is 0. The van der Waals surface area contributed by atoms with Crippen molar-refractivity contribution in [3.63, 3.8) is 0 Å². The van der Waals surface area contributed by atoms with Gasteiger partial charge in [-0.05, 0) is 60.2 Å². The van der Waals surface area contributed by atoms with Crippen LogP contribution in [0.15, 0.2) is 85.1 Å². The Morgan fingerprint density at radius 3 is 2.46 bits per heavy atom. The smallest absolute Gasteiger partial charge is 0.269 e. The molecule has 1 saturated carbocycles. The van der Waals surface area contributed by atoms with Crippen LogP contribution in [0, 0.1) is 19.8 Å². The van der Waals surface area contributed by atoms with Crippen LogP contribution in [0.5, 0.6) is 0 Å². The van der Waals surface area contributed by atoms with Crippen LogP contribution < -0.4 is 5.32 Å². The molecule has 0 radical (unpaired) electrons. The Kier molecular flexibility index (Phi) is 4.83. The highest BCUT2D eigenvalue weighted by Gasteiger charge is 2.63. The lowest BCUT2D eigenvalue weighted by Crippen LogP contribution is -2.18. The molecular formula is C32H28N4O. The van der Waals surface area contributed by atoms with Gasteiger partial charge in [-0.3, -0.25) is 9.78 Å². The molecule has 37 heavy (non-hydrogen) atoms. The molecule has 4 atom stereocenters. The van der Waals surface area contributed by atoms with Crippen molar-refractivity contribution in [2.45, 2.75) is 31.7 Å². The Bertz CT molecular complexity index is 1670. The van der Waals surface area contributed by atoms with Gasteiger partial charge in [-0.1, -0.05) is 66.2 Å². The number of carbonyl (C=O) groups is 1. The average Bonchev–Trinajstić information content (AvgIpc) is 3.42. The van der Waals surface area contributed by atoms with Crippen LogP contribution in [0.3, 0.4) is 0 Å². The van der Waals surface area contributed by atoms with Gasteiger partial charge in [0.05, 0.1) is 17.1 Å². The summed E-state index contributed by atoms with van der Waals surface area (Å²) in [5.41, 5.74) is 10.1. The van der Waals surface area contributed by atoms with E-state index < -0.39 is 0 Å². The number of pyridine rings is 1. The molecule has 3 heterocycles. The van der Waals surface area contributed by atoms with Gasteiger partial charge in [-0.15, -0.1) is 0 Å². The highest BCUT2D eigenvalue weighted by atomic mass is 16.1. The molecule has 5 aromatic rings. The third kappa shape index (κ3) is 3.34. The van der Waals surface area contributed by atoms with Crippen LogP contribution in [0.25, 0.3) is 22.2 Å². The van der Waals surface area contributed by atoms with E-state index in [1.807, 2.05) is 6.07 Å². The minimum atomic E-state index is -0.181. The van der Waals surface area contributed by atoms with Crippen LogP contribution in [0.2, 0.25) is 0 Å². The average molecular weight is 485 g/mol. The maximum absolute atomic E-state index is 11.9. The molecule has 0 saturated heterocycles. The van der Waals surface area contributed by atoms with Gasteiger partial charge in [0.15, 0.2) is 0 Å². The summed E-state index contributed by atoms with van der Waals surface area (Å²) in [4.78, 5) is 21.5. The fourth-order valence-corrected chi connectivity index (χ4v) is 6.41. The summed E-state index contributed by atoms with van der Waals surface area (Å²) in [7, 11) is 1.62. The lowest BCUT2D eigenvalue weighted by atomic mass is 9.93. The first-order chi connectivity index (χ1) is 18.0. The Morgan fingerprint density at radius 1 is 0.892 bits per heavy atom. The van der Waals surface area contributed by atoms with Gasteiger partial charge in [-0.25, -0.2) is 4.98 Å². The zero-order valence-electron chi connectivity index (χ0n) is 21.1. The normalized spacial score (nSPS) is 21.5. The molecule has 1 amide bonds. The summed E-state index contributed by atoms with van der Waals surface area (Å²) in [6, 6.07) is 28.2. The van der Waals surface area contributed by atoms with Crippen LogP contribution in [-0.4, -0.2) is 27.5 Å². The molecule has 1 aliphatic carbocycles. The van der Waals surface area contributed by atoms with Gasteiger partial charge in [0.25, 0.3) is 5.91 Å². The third-order valence-electron chi connectivity index (χ3n) is 8.23. The highest BCUT2D eigenvalue weighted by Crippen LogP contribution is 2.70. The fraction of sp³-hybridized carbons (Fsp3) is 0.219. The largest absolute Gasteiger partial charge is 0.354 e. The van der Waals surface area contributed by atoms with Crippen LogP contribution in [-0.2, 0) is 0 Å². The van der Waals surface area contributed by atoms with E-state index in [1.165, 1.54) is 28.1 Å². The van der Waals surface area contributed by atoms with Crippen molar-refractivity contribution in [2.75, 3.05) is 7.05 Å². The number of hydrogen-bond acceptors (Lipinski definition) is 3. The molecule has 2 aliphatic rings. The number of benzene rings is 3. The fourth-order valence-electron chi connectivity index (χ4n) is 6.41. The van der Waals surface area contributed by atoms with Gasteiger partial charge in [0, 0.05) is 30.6 Å². The van der Waals surface area contributed by atoms with Crippen molar-refractivity contribution < 1.29 is 4.79 Å². The van der Waals surface area contributed by atoms with Gasteiger partial charge >= 0.3 is 0 Å². The number of hydrogen-bond donors (Lipinski definition) is 1. The van der Waals surface area contributed by atoms with Gasteiger partial charge in [0.1, 0.15) is 11.5 Å². The molecule has 5 heteroatoms. The number of amides is 1. The van der Waals surface area contributed by atoms with E-state index in [1.54, 1.807) is 19.3 Å². The number of nitrogens with one attached hydrogen (secondary N) is 1.